The van der Waals surface area contributed by atoms with Gasteiger partial charge in [0, 0.05) is 56.1 Å². The molecular formula is C17H20F2N4. The fraction of sp³-hybridized carbons (Fsp3) is 0.412. The van der Waals surface area contributed by atoms with Crippen LogP contribution in [0.1, 0.15) is 17.7 Å². The summed E-state index contributed by atoms with van der Waals surface area (Å²) in [7, 11) is 2.02. The molecule has 4 nitrogen and oxygen atoms in total. The highest BCUT2D eigenvalue weighted by molar-refractivity contribution is 5.39. The lowest BCUT2D eigenvalue weighted by molar-refractivity contribution is 0.319. The van der Waals surface area contributed by atoms with Crippen LogP contribution < -0.4 is 4.90 Å². The molecule has 2 aromatic rings. The summed E-state index contributed by atoms with van der Waals surface area (Å²) in [5.74, 6) is -0.116. The van der Waals surface area contributed by atoms with Crippen molar-refractivity contribution in [3.8, 4) is 0 Å². The summed E-state index contributed by atoms with van der Waals surface area (Å²) < 4.78 is 26.8. The maximum Gasteiger partial charge on any atom is 0.132 e. The largest absolute Gasteiger partial charge is 0.355 e. The van der Waals surface area contributed by atoms with Crippen LogP contribution in [0.4, 0.5) is 14.6 Å². The quantitative estimate of drug-likeness (QED) is 0.868. The number of benzene rings is 1. The average Bonchev–Trinajstić information content (AvgIpc) is 2.98. The van der Waals surface area contributed by atoms with Crippen LogP contribution >= 0.6 is 0 Å². The van der Waals surface area contributed by atoms with Crippen LogP contribution in [0.2, 0.25) is 0 Å². The van der Waals surface area contributed by atoms with Gasteiger partial charge in [0.15, 0.2) is 0 Å². The summed E-state index contributed by atoms with van der Waals surface area (Å²) >= 11 is 0. The molecule has 1 atom stereocenters. The van der Waals surface area contributed by atoms with E-state index >= 15 is 0 Å². The van der Waals surface area contributed by atoms with E-state index in [0.717, 1.165) is 37.1 Å². The van der Waals surface area contributed by atoms with Crippen molar-refractivity contribution >= 4 is 5.82 Å². The third kappa shape index (κ3) is 3.64. The van der Waals surface area contributed by atoms with Crippen molar-refractivity contribution in [2.24, 2.45) is 0 Å². The number of anilines is 1. The van der Waals surface area contributed by atoms with E-state index in [-0.39, 0.29) is 0 Å². The molecule has 1 aliphatic rings. The first-order valence-corrected chi connectivity index (χ1v) is 7.70. The van der Waals surface area contributed by atoms with Gasteiger partial charge in [-0.3, -0.25) is 4.90 Å². The van der Waals surface area contributed by atoms with Gasteiger partial charge in [-0.25, -0.2) is 18.7 Å². The molecule has 1 aliphatic heterocycles. The van der Waals surface area contributed by atoms with Gasteiger partial charge in [-0.2, -0.15) is 0 Å². The van der Waals surface area contributed by atoms with E-state index in [1.54, 1.807) is 6.33 Å². The zero-order chi connectivity index (χ0) is 16.4. The molecule has 2 heterocycles. The predicted molar refractivity (Wildman–Crippen MR) is 85.2 cm³/mol. The monoisotopic (exact) mass is 318 g/mol. The van der Waals surface area contributed by atoms with Crippen LogP contribution in [0.3, 0.4) is 0 Å². The third-order valence-electron chi connectivity index (χ3n) is 4.36. The van der Waals surface area contributed by atoms with Gasteiger partial charge in [-0.1, -0.05) is 6.07 Å². The first kappa shape index (κ1) is 15.8. The highest BCUT2D eigenvalue weighted by Crippen LogP contribution is 2.22. The summed E-state index contributed by atoms with van der Waals surface area (Å²) in [5, 5.41) is 0. The summed E-state index contributed by atoms with van der Waals surface area (Å²) in [6.45, 7) is 4.16. The Labute approximate surface area is 134 Å². The van der Waals surface area contributed by atoms with Gasteiger partial charge in [-0.15, -0.1) is 0 Å². The second kappa shape index (κ2) is 6.58. The number of aromatic nitrogens is 2. The normalized spacial score (nSPS) is 18.3. The molecular weight excluding hydrogens is 298 g/mol. The molecule has 1 aromatic carbocycles. The SMILES string of the molecule is Cc1cc(N(C)C2CCN(Cc3ccc(F)cc3F)C2)ncn1. The lowest BCUT2D eigenvalue weighted by atomic mass is 10.2. The van der Waals surface area contributed by atoms with Gasteiger partial charge in [0.2, 0.25) is 0 Å². The zero-order valence-corrected chi connectivity index (χ0v) is 13.3. The van der Waals surface area contributed by atoms with Crippen molar-refractivity contribution in [1.29, 1.82) is 0 Å². The number of likely N-dealkylation sites (N-methyl/N-ethyl adjacent to an activating group) is 1. The maximum absolute atomic E-state index is 13.8. The van der Waals surface area contributed by atoms with Gasteiger partial charge in [-0.05, 0) is 19.4 Å². The van der Waals surface area contributed by atoms with Crippen molar-refractivity contribution in [1.82, 2.24) is 14.9 Å². The zero-order valence-electron chi connectivity index (χ0n) is 13.3. The number of halogens is 2. The Morgan fingerprint density at radius 2 is 2.09 bits per heavy atom. The Morgan fingerprint density at radius 3 is 2.83 bits per heavy atom. The Hall–Kier alpha value is -2.08. The third-order valence-corrected chi connectivity index (χ3v) is 4.36. The van der Waals surface area contributed by atoms with Gasteiger partial charge in [0.25, 0.3) is 0 Å². The molecule has 0 saturated carbocycles. The molecule has 6 heteroatoms. The Morgan fingerprint density at radius 1 is 1.26 bits per heavy atom. The van der Waals surface area contributed by atoms with Crippen LogP contribution in [0.15, 0.2) is 30.6 Å². The first-order valence-electron chi connectivity index (χ1n) is 7.70. The summed E-state index contributed by atoms with van der Waals surface area (Å²) in [4.78, 5) is 12.8. The first-order chi connectivity index (χ1) is 11.0. The van der Waals surface area contributed by atoms with E-state index in [2.05, 4.69) is 19.8 Å². The average molecular weight is 318 g/mol. The Kier molecular flexibility index (Phi) is 4.52. The van der Waals surface area contributed by atoms with Crippen molar-refractivity contribution < 1.29 is 8.78 Å². The van der Waals surface area contributed by atoms with Crippen LogP contribution in [-0.2, 0) is 6.54 Å². The predicted octanol–water partition coefficient (Wildman–Crippen LogP) is 2.77. The highest BCUT2D eigenvalue weighted by Gasteiger charge is 2.27. The minimum atomic E-state index is -0.538. The van der Waals surface area contributed by atoms with E-state index in [0.29, 0.717) is 18.2 Å². The minimum absolute atomic E-state index is 0.327. The van der Waals surface area contributed by atoms with Gasteiger partial charge in [0.05, 0.1) is 0 Å². The number of rotatable bonds is 4. The molecule has 1 fully saturated rings. The van der Waals surface area contributed by atoms with E-state index < -0.39 is 11.6 Å². The standard InChI is InChI=1S/C17H20F2N4/c1-12-7-17(21-11-20-12)22(2)15-5-6-23(10-15)9-13-3-4-14(18)8-16(13)19/h3-4,7-8,11,15H,5-6,9-10H2,1-2H3. The van der Waals surface area contributed by atoms with Crippen molar-refractivity contribution in [3.63, 3.8) is 0 Å². The second-order valence-electron chi connectivity index (χ2n) is 6.04. The molecule has 0 N–H and O–H groups in total. The Balaban J connectivity index is 1.64. The number of nitrogens with zero attached hydrogens (tertiary/aromatic N) is 4. The number of hydrogen-bond acceptors (Lipinski definition) is 4. The van der Waals surface area contributed by atoms with Crippen LogP contribution in [0, 0.1) is 18.6 Å². The second-order valence-corrected chi connectivity index (χ2v) is 6.04. The van der Waals surface area contributed by atoms with Gasteiger partial charge >= 0.3 is 0 Å². The van der Waals surface area contributed by atoms with E-state index in [1.807, 2.05) is 20.0 Å². The summed E-state index contributed by atoms with van der Waals surface area (Å²) in [6, 6.07) is 6.06. The van der Waals surface area contributed by atoms with Crippen LogP contribution in [-0.4, -0.2) is 41.0 Å². The number of likely N-dealkylation sites (tertiary alicyclic amines) is 1. The van der Waals surface area contributed by atoms with Crippen molar-refractivity contribution in [2.45, 2.75) is 25.9 Å². The van der Waals surface area contributed by atoms with E-state index in [4.69, 9.17) is 0 Å². The topological polar surface area (TPSA) is 32.3 Å². The molecule has 0 aliphatic carbocycles. The Bertz CT molecular complexity index is 692. The number of hydrogen-bond donors (Lipinski definition) is 0. The van der Waals surface area contributed by atoms with E-state index in [9.17, 15) is 8.78 Å². The van der Waals surface area contributed by atoms with Crippen molar-refractivity contribution in [3.05, 3.63) is 53.5 Å². The molecule has 0 bridgehead atoms. The number of aryl methyl sites for hydroxylation is 1. The molecule has 0 spiro atoms. The van der Waals surface area contributed by atoms with Gasteiger partial charge in [0.1, 0.15) is 23.8 Å². The smallest absolute Gasteiger partial charge is 0.132 e. The molecule has 1 saturated heterocycles. The molecule has 122 valence electrons. The fourth-order valence-corrected chi connectivity index (χ4v) is 2.98. The van der Waals surface area contributed by atoms with Crippen molar-refractivity contribution in [2.75, 3.05) is 25.0 Å². The molecule has 3 rings (SSSR count). The van der Waals surface area contributed by atoms with Gasteiger partial charge < -0.3 is 4.90 Å². The molecule has 1 aromatic heterocycles. The molecule has 23 heavy (non-hydrogen) atoms. The lowest BCUT2D eigenvalue weighted by Gasteiger charge is -2.26. The molecule has 0 amide bonds. The van der Waals surface area contributed by atoms with Crippen LogP contribution in [0.5, 0.6) is 0 Å². The molecule has 1 unspecified atom stereocenters. The highest BCUT2D eigenvalue weighted by atomic mass is 19.1. The fourth-order valence-electron chi connectivity index (χ4n) is 2.98. The lowest BCUT2D eigenvalue weighted by Crippen LogP contribution is -2.35. The summed E-state index contributed by atoms with van der Waals surface area (Å²) in [5.41, 5.74) is 1.47. The minimum Gasteiger partial charge on any atom is -0.355 e. The maximum atomic E-state index is 13.8. The van der Waals surface area contributed by atoms with E-state index in [1.165, 1.54) is 12.1 Å². The molecule has 0 radical (unpaired) electrons. The summed E-state index contributed by atoms with van der Waals surface area (Å²) in [6.07, 6.45) is 2.56. The van der Waals surface area contributed by atoms with Crippen LogP contribution in [0.25, 0.3) is 0 Å².